The second-order valence-corrected chi connectivity index (χ2v) is 8.84. The molecular formula is C21H19BrN2O3S. The van der Waals surface area contributed by atoms with Gasteiger partial charge in [-0.25, -0.2) is 8.42 Å². The van der Waals surface area contributed by atoms with Gasteiger partial charge in [0.25, 0.3) is 15.9 Å². The summed E-state index contributed by atoms with van der Waals surface area (Å²) in [4.78, 5) is 12.6. The zero-order valence-corrected chi connectivity index (χ0v) is 17.5. The van der Waals surface area contributed by atoms with Crippen molar-refractivity contribution in [2.45, 2.75) is 17.9 Å². The van der Waals surface area contributed by atoms with Crippen LogP contribution in [0.25, 0.3) is 0 Å². The van der Waals surface area contributed by atoms with Gasteiger partial charge >= 0.3 is 0 Å². The Balaban J connectivity index is 1.67. The first kappa shape index (κ1) is 20.1. The molecule has 3 aromatic carbocycles. The molecule has 0 aliphatic heterocycles. The Morgan fingerprint density at radius 2 is 1.50 bits per heavy atom. The number of benzene rings is 3. The Bertz CT molecular complexity index is 1050. The van der Waals surface area contributed by atoms with Crippen molar-refractivity contribution in [2.75, 3.05) is 4.72 Å². The topological polar surface area (TPSA) is 75.3 Å². The number of hydrogen-bond acceptors (Lipinski definition) is 3. The Labute approximate surface area is 173 Å². The number of sulfonamides is 1. The first-order valence-corrected chi connectivity index (χ1v) is 10.9. The highest BCUT2D eigenvalue weighted by molar-refractivity contribution is 9.10. The van der Waals surface area contributed by atoms with E-state index in [1.54, 1.807) is 36.4 Å². The Morgan fingerprint density at radius 1 is 0.893 bits per heavy atom. The lowest BCUT2D eigenvalue weighted by Crippen LogP contribution is -2.26. The number of nitrogens with one attached hydrogen (secondary N) is 2. The smallest absolute Gasteiger partial charge is 0.261 e. The molecule has 3 aromatic rings. The molecule has 7 heteroatoms. The van der Waals surface area contributed by atoms with Crippen molar-refractivity contribution >= 4 is 37.5 Å². The van der Waals surface area contributed by atoms with Crippen LogP contribution in [0.5, 0.6) is 0 Å². The second kappa shape index (κ2) is 8.58. The fourth-order valence-electron chi connectivity index (χ4n) is 2.62. The van der Waals surface area contributed by atoms with E-state index in [1.807, 2.05) is 37.3 Å². The molecular weight excluding hydrogens is 440 g/mol. The molecule has 0 aliphatic rings. The van der Waals surface area contributed by atoms with Crippen molar-refractivity contribution in [1.82, 2.24) is 5.32 Å². The van der Waals surface area contributed by atoms with Crippen LogP contribution in [0.3, 0.4) is 0 Å². The molecule has 1 amide bonds. The summed E-state index contributed by atoms with van der Waals surface area (Å²) in [6, 6.07) is 22.2. The summed E-state index contributed by atoms with van der Waals surface area (Å²) >= 11 is 3.28. The molecule has 28 heavy (non-hydrogen) atoms. The van der Waals surface area contributed by atoms with E-state index in [1.165, 1.54) is 12.1 Å². The van der Waals surface area contributed by atoms with Gasteiger partial charge in [-0.05, 0) is 61.0 Å². The number of hydrogen-bond donors (Lipinski definition) is 2. The summed E-state index contributed by atoms with van der Waals surface area (Å²) in [7, 11) is -3.69. The summed E-state index contributed by atoms with van der Waals surface area (Å²) in [5.41, 5.74) is 1.85. The molecule has 0 saturated carbocycles. The largest absolute Gasteiger partial charge is 0.346 e. The maximum Gasteiger partial charge on any atom is 0.261 e. The molecule has 5 nitrogen and oxygen atoms in total. The standard InChI is InChI=1S/C21H19BrN2O3S/c1-15(16-5-3-2-4-6-16)23-21(25)17-7-11-19(12-8-17)24-28(26,27)20-13-9-18(22)10-14-20/h2-15,24H,1H3,(H,23,25)/t15-/m0/s1. The summed E-state index contributed by atoms with van der Waals surface area (Å²) in [5, 5.41) is 2.93. The van der Waals surface area contributed by atoms with Crippen molar-refractivity contribution in [3.8, 4) is 0 Å². The zero-order valence-electron chi connectivity index (χ0n) is 15.1. The van der Waals surface area contributed by atoms with Gasteiger partial charge < -0.3 is 5.32 Å². The third-order valence-corrected chi connectivity index (χ3v) is 6.10. The predicted octanol–water partition coefficient (Wildman–Crippen LogP) is 4.74. The molecule has 1 atom stereocenters. The van der Waals surface area contributed by atoms with Crippen molar-refractivity contribution in [2.24, 2.45) is 0 Å². The molecule has 0 saturated heterocycles. The maximum atomic E-state index is 12.4. The highest BCUT2D eigenvalue weighted by Gasteiger charge is 2.15. The first-order chi connectivity index (χ1) is 13.3. The van der Waals surface area contributed by atoms with Gasteiger partial charge in [0.15, 0.2) is 0 Å². The van der Waals surface area contributed by atoms with Gasteiger partial charge in [-0.15, -0.1) is 0 Å². The zero-order chi connectivity index (χ0) is 20.1. The lowest BCUT2D eigenvalue weighted by Gasteiger charge is -2.14. The fraction of sp³-hybridized carbons (Fsp3) is 0.0952. The van der Waals surface area contributed by atoms with Gasteiger partial charge in [0, 0.05) is 15.7 Å². The molecule has 0 heterocycles. The van der Waals surface area contributed by atoms with Crippen LogP contribution in [0.2, 0.25) is 0 Å². The van der Waals surface area contributed by atoms with Crippen LogP contribution in [-0.4, -0.2) is 14.3 Å². The quantitative estimate of drug-likeness (QED) is 0.559. The Morgan fingerprint density at radius 3 is 2.11 bits per heavy atom. The van der Waals surface area contributed by atoms with Crippen molar-refractivity contribution < 1.29 is 13.2 Å². The minimum atomic E-state index is -3.69. The Kier molecular flexibility index (Phi) is 6.16. The van der Waals surface area contributed by atoms with Crippen LogP contribution in [0.4, 0.5) is 5.69 Å². The van der Waals surface area contributed by atoms with Crippen molar-refractivity contribution in [1.29, 1.82) is 0 Å². The lowest BCUT2D eigenvalue weighted by atomic mass is 10.1. The first-order valence-electron chi connectivity index (χ1n) is 8.59. The van der Waals surface area contributed by atoms with Gasteiger partial charge in [0.1, 0.15) is 0 Å². The molecule has 0 radical (unpaired) electrons. The van der Waals surface area contributed by atoms with E-state index >= 15 is 0 Å². The molecule has 0 aliphatic carbocycles. The SMILES string of the molecule is C[C@H](NC(=O)c1ccc(NS(=O)(=O)c2ccc(Br)cc2)cc1)c1ccccc1. The predicted molar refractivity (Wildman–Crippen MR) is 114 cm³/mol. The van der Waals surface area contributed by atoms with E-state index in [-0.39, 0.29) is 16.8 Å². The molecule has 0 spiro atoms. The van der Waals surface area contributed by atoms with Gasteiger partial charge in [-0.2, -0.15) is 0 Å². The molecule has 2 N–H and O–H groups in total. The van der Waals surface area contributed by atoms with Crippen molar-refractivity contribution in [3.05, 3.63) is 94.5 Å². The van der Waals surface area contributed by atoms with Gasteiger partial charge in [0.2, 0.25) is 0 Å². The van der Waals surface area contributed by atoms with Crippen LogP contribution in [0, 0.1) is 0 Å². The summed E-state index contributed by atoms with van der Waals surface area (Å²) in [6.45, 7) is 1.91. The van der Waals surface area contributed by atoms with E-state index in [2.05, 4.69) is 26.0 Å². The number of anilines is 1. The highest BCUT2D eigenvalue weighted by atomic mass is 79.9. The maximum absolute atomic E-state index is 12.4. The van der Waals surface area contributed by atoms with E-state index in [4.69, 9.17) is 0 Å². The van der Waals surface area contributed by atoms with E-state index < -0.39 is 10.0 Å². The van der Waals surface area contributed by atoms with E-state index in [0.29, 0.717) is 11.3 Å². The van der Waals surface area contributed by atoms with Crippen LogP contribution in [0.1, 0.15) is 28.9 Å². The second-order valence-electron chi connectivity index (χ2n) is 6.24. The van der Waals surface area contributed by atoms with E-state index in [0.717, 1.165) is 10.0 Å². The number of carbonyl (C=O) groups is 1. The minimum Gasteiger partial charge on any atom is -0.346 e. The average Bonchev–Trinajstić information content (AvgIpc) is 2.69. The third-order valence-electron chi connectivity index (χ3n) is 4.17. The monoisotopic (exact) mass is 458 g/mol. The third kappa shape index (κ3) is 4.99. The fourth-order valence-corrected chi connectivity index (χ4v) is 3.95. The van der Waals surface area contributed by atoms with Gasteiger partial charge in [-0.3, -0.25) is 9.52 Å². The van der Waals surface area contributed by atoms with Crippen LogP contribution < -0.4 is 10.0 Å². The molecule has 0 unspecified atom stereocenters. The summed E-state index contributed by atoms with van der Waals surface area (Å²) in [5.74, 6) is -0.223. The Hall–Kier alpha value is -2.64. The molecule has 0 bridgehead atoms. The van der Waals surface area contributed by atoms with Gasteiger partial charge in [-0.1, -0.05) is 46.3 Å². The van der Waals surface area contributed by atoms with Crippen LogP contribution >= 0.6 is 15.9 Å². The highest BCUT2D eigenvalue weighted by Crippen LogP contribution is 2.19. The van der Waals surface area contributed by atoms with Crippen LogP contribution in [-0.2, 0) is 10.0 Å². The normalized spacial score (nSPS) is 12.2. The number of amides is 1. The van der Waals surface area contributed by atoms with Crippen LogP contribution in [0.15, 0.2) is 88.2 Å². The molecule has 3 rings (SSSR count). The average molecular weight is 459 g/mol. The summed E-state index contributed by atoms with van der Waals surface area (Å²) < 4.78 is 28.2. The van der Waals surface area contributed by atoms with E-state index in [9.17, 15) is 13.2 Å². The number of halogens is 1. The van der Waals surface area contributed by atoms with Gasteiger partial charge in [0.05, 0.1) is 10.9 Å². The summed E-state index contributed by atoms with van der Waals surface area (Å²) in [6.07, 6.45) is 0. The lowest BCUT2D eigenvalue weighted by molar-refractivity contribution is 0.0940. The molecule has 144 valence electrons. The van der Waals surface area contributed by atoms with Crippen molar-refractivity contribution in [3.63, 3.8) is 0 Å². The molecule has 0 aromatic heterocycles. The molecule has 0 fully saturated rings. The number of rotatable bonds is 6. The minimum absolute atomic E-state index is 0.135. The number of carbonyl (C=O) groups excluding carboxylic acids is 1.